The van der Waals surface area contributed by atoms with Crippen LogP contribution in [0.4, 0.5) is 5.13 Å². The molecule has 0 saturated carbocycles. The van der Waals surface area contributed by atoms with Gasteiger partial charge in [-0.1, -0.05) is 18.2 Å². The summed E-state index contributed by atoms with van der Waals surface area (Å²) in [7, 11) is 1.63. The molecule has 1 amide bonds. The predicted molar refractivity (Wildman–Crippen MR) is 109 cm³/mol. The third-order valence-corrected chi connectivity index (χ3v) is 5.87. The van der Waals surface area contributed by atoms with Gasteiger partial charge in [0.1, 0.15) is 5.75 Å². The zero-order chi connectivity index (χ0) is 18.7. The van der Waals surface area contributed by atoms with Crippen molar-refractivity contribution in [2.24, 2.45) is 4.99 Å². The van der Waals surface area contributed by atoms with Crippen LogP contribution >= 0.6 is 23.1 Å². The summed E-state index contributed by atoms with van der Waals surface area (Å²) in [6.45, 7) is 8.03. The first-order chi connectivity index (χ1) is 12.5. The molecule has 5 nitrogen and oxygen atoms in total. The molecule has 0 aliphatic carbocycles. The van der Waals surface area contributed by atoms with E-state index >= 15 is 0 Å². The number of allylic oxidation sites excluding steroid dienone is 1. The standard InChI is InChI=1S/C19H19N3O2S2/c1-5-10-22-17(23)16(13(3)14-6-8-15(24-4)9-7-14)26-19(22)21-18-20-12(2)11-25-18/h5-9,11H,1,10H2,2-4H3/b16-13-,21-19+. The largest absolute Gasteiger partial charge is 0.497 e. The number of aryl methyl sites for hydroxylation is 1. The second kappa shape index (κ2) is 7.88. The number of amides is 1. The Balaban J connectivity index is 1.98. The lowest BCUT2D eigenvalue weighted by Gasteiger charge is -2.12. The van der Waals surface area contributed by atoms with Crippen LogP contribution in [-0.4, -0.2) is 34.6 Å². The van der Waals surface area contributed by atoms with Gasteiger partial charge in [-0.05, 0) is 48.9 Å². The molecule has 26 heavy (non-hydrogen) atoms. The maximum absolute atomic E-state index is 12.9. The molecule has 0 bridgehead atoms. The average molecular weight is 386 g/mol. The average Bonchev–Trinajstić information content (AvgIpc) is 3.19. The van der Waals surface area contributed by atoms with Gasteiger partial charge in [-0.25, -0.2) is 4.98 Å². The number of ether oxygens (including phenoxy) is 1. The van der Waals surface area contributed by atoms with Crippen LogP contribution in [0.3, 0.4) is 0 Å². The quantitative estimate of drug-likeness (QED) is 0.556. The van der Waals surface area contributed by atoms with Crippen LogP contribution in [0.2, 0.25) is 0 Å². The van der Waals surface area contributed by atoms with Crippen LogP contribution < -0.4 is 4.74 Å². The molecule has 134 valence electrons. The fraction of sp³-hybridized carbons (Fsp3) is 0.211. The van der Waals surface area contributed by atoms with Gasteiger partial charge in [0.2, 0.25) is 5.13 Å². The summed E-state index contributed by atoms with van der Waals surface area (Å²) in [6.07, 6.45) is 1.70. The van der Waals surface area contributed by atoms with E-state index in [2.05, 4.69) is 16.6 Å². The molecule has 1 aliphatic rings. The topological polar surface area (TPSA) is 54.8 Å². The molecule has 1 fully saturated rings. The summed E-state index contributed by atoms with van der Waals surface area (Å²) in [4.78, 5) is 24.2. The van der Waals surface area contributed by atoms with E-state index in [1.807, 2.05) is 43.5 Å². The lowest BCUT2D eigenvalue weighted by atomic mass is 10.1. The van der Waals surface area contributed by atoms with E-state index < -0.39 is 0 Å². The van der Waals surface area contributed by atoms with Gasteiger partial charge in [0.05, 0.1) is 17.7 Å². The number of thioether (sulfide) groups is 1. The van der Waals surface area contributed by atoms with E-state index in [0.29, 0.717) is 21.7 Å². The van der Waals surface area contributed by atoms with E-state index in [-0.39, 0.29) is 5.91 Å². The monoisotopic (exact) mass is 385 g/mol. The second-order valence-corrected chi connectivity index (χ2v) is 7.47. The molecule has 2 aromatic rings. The number of aromatic nitrogens is 1. The molecule has 7 heteroatoms. The molecule has 0 atom stereocenters. The maximum atomic E-state index is 12.9. The van der Waals surface area contributed by atoms with Crippen molar-refractivity contribution in [1.82, 2.24) is 9.88 Å². The first kappa shape index (κ1) is 18.4. The van der Waals surface area contributed by atoms with E-state index in [1.54, 1.807) is 18.1 Å². The van der Waals surface area contributed by atoms with Crippen molar-refractivity contribution >= 4 is 44.9 Å². The number of thiazole rings is 1. The van der Waals surface area contributed by atoms with Crippen LogP contribution in [0, 0.1) is 6.92 Å². The van der Waals surface area contributed by atoms with Crippen LogP contribution in [-0.2, 0) is 4.79 Å². The summed E-state index contributed by atoms with van der Waals surface area (Å²) in [5.41, 5.74) is 2.81. The molecular weight excluding hydrogens is 366 g/mol. The van der Waals surface area contributed by atoms with Gasteiger partial charge in [0, 0.05) is 11.9 Å². The number of methoxy groups -OCH3 is 1. The van der Waals surface area contributed by atoms with Crippen molar-refractivity contribution < 1.29 is 9.53 Å². The molecule has 1 aromatic carbocycles. The molecule has 3 rings (SSSR count). The molecule has 1 aliphatic heterocycles. The first-order valence-electron chi connectivity index (χ1n) is 8.00. The number of hydrogen-bond donors (Lipinski definition) is 0. The molecule has 2 heterocycles. The van der Waals surface area contributed by atoms with Crippen molar-refractivity contribution in [3.63, 3.8) is 0 Å². The Morgan fingerprint density at radius 1 is 1.38 bits per heavy atom. The third-order valence-electron chi connectivity index (χ3n) is 3.84. The highest BCUT2D eigenvalue weighted by atomic mass is 32.2. The lowest BCUT2D eigenvalue weighted by Crippen LogP contribution is -2.29. The number of carbonyl (C=O) groups is 1. The number of aliphatic imine (C=N–C) groups is 1. The van der Waals surface area contributed by atoms with Crippen LogP contribution in [0.5, 0.6) is 5.75 Å². The minimum absolute atomic E-state index is 0.0600. The first-order valence-corrected chi connectivity index (χ1v) is 9.70. The Kier molecular flexibility index (Phi) is 5.58. The number of carbonyl (C=O) groups excluding carboxylic acids is 1. The van der Waals surface area contributed by atoms with Crippen molar-refractivity contribution in [1.29, 1.82) is 0 Å². The van der Waals surface area contributed by atoms with Gasteiger partial charge in [0.25, 0.3) is 5.91 Å². The van der Waals surface area contributed by atoms with Gasteiger partial charge in [-0.15, -0.1) is 17.9 Å². The Labute approximate surface area is 161 Å². The number of hydrogen-bond acceptors (Lipinski definition) is 6. The SMILES string of the molecule is C=CCN1C(=O)/C(=C(\C)c2ccc(OC)cc2)S/C1=N/c1nc(C)cs1. The Morgan fingerprint density at radius 3 is 2.69 bits per heavy atom. The predicted octanol–water partition coefficient (Wildman–Crippen LogP) is 4.64. The van der Waals surface area contributed by atoms with Gasteiger partial charge in [-0.3, -0.25) is 9.69 Å². The highest BCUT2D eigenvalue weighted by Gasteiger charge is 2.34. The molecule has 0 spiro atoms. The summed E-state index contributed by atoms with van der Waals surface area (Å²) < 4.78 is 5.20. The van der Waals surface area contributed by atoms with E-state index in [4.69, 9.17) is 4.74 Å². The second-order valence-electron chi connectivity index (χ2n) is 5.65. The zero-order valence-electron chi connectivity index (χ0n) is 14.9. The van der Waals surface area contributed by atoms with Crippen LogP contribution in [0.1, 0.15) is 18.2 Å². The number of amidine groups is 1. The highest BCUT2D eigenvalue weighted by Crippen LogP contribution is 2.38. The van der Waals surface area contributed by atoms with Crippen LogP contribution in [0.15, 0.2) is 52.2 Å². The number of rotatable bonds is 5. The molecular formula is C19H19N3O2S2. The fourth-order valence-corrected chi connectivity index (χ4v) is 4.23. The number of nitrogens with zero attached hydrogens (tertiary/aromatic N) is 3. The summed E-state index contributed by atoms with van der Waals surface area (Å²) in [5, 5.41) is 3.22. The van der Waals surface area contributed by atoms with Crippen molar-refractivity contribution in [2.75, 3.05) is 13.7 Å². The normalized spacial score (nSPS) is 17.7. The molecule has 1 aromatic heterocycles. The van der Waals surface area contributed by atoms with Gasteiger partial charge >= 0.3 is 0 Å². The Morgan fingerprint density at radius 2 is 2.12 bits per heavy atom. The smallest absolute Gasteiger partial charge is 0.267 e. The minimum Gasteiger partial charge on any atom is -0.497 e. The fourth-order valence-electron chi connectivity index (χ4n) is 2.46. The van der Waals surface area contributed by atoms with Crippen molar-refractivity contribution in [3.8, 4) is 5.75 Å². The third kappa shape index (κ3) is 3.73. The summed E-state index contributed by atoms with van der Waals surface area (Å²) in [6, 6.07) is 7.68. The van der Waals surface area contributed by atoms with E-state index in [1.165, 1.54) is 23.1 Å². The molecule has 0 radical (unpaired) electrons. The highest BCUT2D eigenvalue weighted by molar-refractivity contribution is 8.18. The minimum atomic E-state index is -0.0600. The van der Waals surface area contributed by atoms with E-state index in [0.717, 1.165) is 22.6 Å². The Bertz CT molecular complexity index is 898. The maximum Gasteiger partial charge on any atom is 0.267 e. The molecule has 0 N–H and O–H groups in total. The van der Waals surface area contributed by atoms with Gasteiger partial charge < -0.3 is 4.74 Å². The zero-order valence-corrected chi connectivity index (χ0v) is 16.5. The molecule has 0 unspecified atom stereocenters. The summed E-state index contributed by atoms with van der Waals surface area (Å²) >= 11 is 2.84. The van der Waals surface area contributed by atoms with E-state index in [9.17, 15) is 4.79 Å². The van der Waals surface area contributed by atoms with Crippen molar-refractivity contribution in [2.45, 2.75) is 13.8 Å². The van der Waals surface area contributed by atoms with Gasteiger partial charge in [0.15, 0.2) is 5.17 Å². The van der Waals surface area contributed by atoms with Crippen molar-refractivity contribution in [3.05, 3.63) is 58.5 Å². The van der Waals surface area contributed by atoms with Crippen LogP contribution in [0.25, 0.3) is 5.57 Å². The van der Waals surface area contributed by atoms with Gasteiger partial charge in [-0.2, -0.15) is 4.99 Å². The Hall–Kier alpha value is -2.38. The molecule has 1 saturated heterocycles. The summed E-state index contributed by atoms with van der Waals surface area (Å²) in [5.74, 6) is 0.724. The number of benzene rings is 1. The lowest BCUT2D eigenvalue weighted by molar-refractivity contribution is -0.121.